The molecule has 0 spiro atoms. The number of amides is 1. The monoisotopic (exact) mass is 349 g/mol. The second-order valence-electron chi connectivity index (χ2n) is 5.50. The Morgan fingerprint density at radius 2 is 1.96 bits per heavy atom. The van der Waals surface area contributed by atoms with Crippen molar-refractivity contribution in [3.63, 3.8) is 0 Å². The first-order valence-corrected chi connectivity index (χ1v) is 7.82. The van der Waals surface area contributed by atoms with Crippen molar-refractivity contribution in [3.8, 4) is 11.5 Å². The van der Waals surface area contributed by atoms with E-state index >= 15 is 0 Å². The van der Waals surface area contributed by atoms with E-state index in [9.17, 15) is 9.59 Å². The summed E-state index contributed by atoms with van der Waals surface area (Å²) in [6.07, 6.45) is -0.134. The second kappa shape index (κ2) is 6.97. The fourth-order valence-corrected chi connectivity index (χ4v) is 2.45. The highest BCUT2D eigenvalue weighted by atomic mass is 35.5. The van der Waals surface area contributed by atoms with Crippen LogP contribution in [0, 0.1) is 6.92 Å². The number of ether oxygens (including phenoxy) is 2. The maximum atomic E-state index is 12.0. The minimum absolute atomic E-state index is 0.0393. The highest BCUT2D eigenvalue weighted by Gasteiger charge is 2.32. The van der Waals surface area contributed by atoms with E-state index in [1.165, 1.54) is 6.07 Å². The van der Waals surface area contributed by atoms with Gasteiger partial charge in [-0.15, -0.1) is 0 Å². The fourth-order valence-electron chi connectivity index (χ4n) is 2.32. The summed E-state index contributed by atoms with van der Waals surface area (Å²) in [4.78, 5) is 24.9. The molecule has 1 aromatic carbocycles. The zero-order valence-electron chi connectivity index (χ0n) is 13.0. The Hall–Kier alpha value is -2.47. The van der Waals surface area contributed by atoms with Gasteiger partial charge < -0.3 is 18.8 Å². The predicted octanol–water partition coefficient (Wildman–Crippen LogP) is 2.27. The van der Waals surface area contributed by atoms with Gasteiger partial charge in [0.25, 0.3) is 5.91 Å². The second-order valence-corrected chi connectivity index (χ2v) is 5.94. The molecule has 2 heterocycles. The molecule has 1 aliphatic rings. The van der Waals surface area contributed by atoms with E-state index < -0.39 is 5.63 Å². The molecule has 0 unspecified atom stereocenters. The van der Waals surface area contributed by atoms with Crippen molar-refractivity contribution < 1.29 is 18.7 Å². The molecule has 1 saturated heterocycles. The number of aryl methyl sites for hydroxylation is 1. The van der Waals surface area contributed by atoms with Crippen LogP contribution in [0.15, 0.2) is 45.6 Å². The van der Waals surface area contributed by atoms with E-state index in [0.717, 1.165) is 0 Å². The normalized spacial score (nSPS) is 14.2. The van der Waals surface area contributed by atoms with Crippen molar-refractivity contribution >= 4 is 17.5 Å². The lowest BCUT2D eigenvalue weighted by Gasteiger charge is -2.38. The average Bonchev–Trinajstić information content (AvgIpc) is 2.48. The van der Waals surface area contributed by atoms with E-state index in [0.29, 0.717) is 35.4 Å². The number of hydrogen-bond acceptors (Lipinski definition) is 5. The number of carbonyl (C=O) groups is 1. The number of carbonyl (C=O) groups excluding carboxylic acids is 1. The van der Waals surface area contributed by atoms with Gasteiger partial charge in [-0.25, -0.2) is 4.79 Å². The lowest BCUT2D eigenvalue weighted by molar-refractivity contribution is -0.142. The van der Waals surface area contributed by atoms with Crippen molar-refractivity contribution in [2.75, 3.05) is 19.7 Å². The van der Waals surface area contributed by atoms with Gasteiger partial charge in [-0.3, -0.25) is 4.79 Å². The highest BCUT2D eigenvalue weighted by molar-refractivity contribution is 6.30. The minimum Gasteiger partial charge on any atom is -0.486 e. The first kappa shape index (κ1) is 16.4. The third kappa shape index (κ3) is 4.08. The minimum atomic E-state index is -0.450. The van der Waals surface area contributed by atoms with Crippen molar-refractivity contribution in [3.05, 3.63) is 57.6 Å². The van der Waals surface area contributed by atoms with Crippen molar-refractivity contribution in [2.45, 2.75) is 13.0 Å². The van der Waals surface area contributed by atoms with E-state index in [1.54, 1.807) is 42.2 Å². The van der Waals surface area contributed by atoms with Gasteiger partial charge in [-0.05, 0) is 31.2 Å². The molecule has 7 heteroatoms. The van der Waals surface area contributed by atoms with Gasteiger partial charge in [-0.1, -0.05) is 11.6 Å². The van der Waals surface area contributed by atoms with Gasteiger partial charge in [0.05, 0.1) is 19.2 Å². The molecule has 0 N–H and O–H groups in total. The van der Waals surface area contributed by atoms with Crippen LogP contribution in [-0.2, 0) is 4.79 Å². The van der Waals surface area contributed by atoms with Crippen LogP contribution >= 0.6 is 11.6 Å². The van der Waals surface area contributed by atoms with Gasteiger partial charge in [0.1, 0.15) is 23.4 Å². The van der Waals surface area contributed by atoms with Crippen LogP contribution in [0.3, 0.4) is 0 Å². The van der Waals surface area contributed by atoms with Crippen molar-refractivity contribution in [1.82, 2.24) is 4.90 Å². The van der Waals surface area contributed by atoms with Crippen LogP contribution < -0.4 is 15.1 Å². The number of halogens is 1. The van der Waals surface area contributed by atoms with E-state index in [-0.39, 0.29) is 18.6 Å². The Labute approximate surface area is 143 Å². The molecule has 1 fully saturated rings. The molecule has 0 aliphatic carbocycles. The third-order valence-corrected chi connectivity index (χ3v) is 3.80. The van der Waals surface area contributed by atoms with E-state index in [1.807, 2.05) is 0 Å². The van der Waals surface area contributed by atoms with Gasteiger partial charge in [-0.2, -0.15) is 0 Å². The van der Waals surface area contributed by atoms with Crippen LogP contribution in [0.5, 0.6) is 11.5 Å². The van der Waals surface area contributed by atoms with Crippen LogP contribution in [0.25, 0.3) is 0 Å². The van der Waals surface area contributed by atoms with Crippen LogP contribution in [0.4, 0.5) is 0 Å². The van der Waals surface area contributed by atoms with E-state index in [4.69, 9.17) is 25.5 Å². The molecule has 0 atom stereocenters. The lowest BCUT2D eigenvalue weighted by Crippen LogP contribution is -2.57. The molecular formula is C17H16ClNO5. The Balaban J connectivity index is 1.44. The molecule has 1 aliphatic heterocycles. The molecule has 1 aromatic heterocycles. The molecule has 0 radical (unpaired) electrons. The summed E-state index contributed by atoms with van der Waals surface area (Å²) in [6.45, 7) is 2.56. The van der Waals surface area contributed by atoms with Gasteiger partial charge in [0.15, 0.2) is 6.61 Å². The van der Waals surface area contributed by atoms with Crippen molar-refractivity contribution in [1.29, 1.82) is 0 Å². The maximum absolute atomic E-state index is 12.0. The van der Waals surface area contributed by atoms with Crippen LogP contribution in [0.1, 0.15) is 5.76 Å². The number of rotatable bonds is 5. The summed E-state index contributed by atoms with van der Waals surface area (Å²) >= 11 is 5.79. The number of benzene rings is 1. The number of hydrogen-bond donors (Lipinski definition) is 0. The summed E-state index contributed by atoms with van der Waals surface area (Å²) in [5.41, 5.74) is -0.450. The summed E-state index contributed by atoms with van der Waals surface area (Å²) in [7, 11) is 0. The Morgan fingerprint density at radius 1 is 1.25 bits per heavy atom. The molecule has 2 aromatic rings. The fraction of sp³-hybridized carbons (Fsp3) is 0.294. The third-order valence-electron chi connectivity index (χ3n) is 3.55. The SMILES string of the molecule is Cc1cc(OC2CN(C(=O)COc3ccc(Cl)cc3)C2)cc(=O)o1. The summed E-state index contributed by atoms with van der Waals surface area (Å²) in [5, 5.41) is 0.613. The molecule has 126 valence electrons. The first-order valence-electron chi connectivity index (χ1n) is 7.44. The Kier molecular flexibility index (Phi) is 4.76. The molecule has 0 saturated carbocycles. The topological polar surface area (TPSA) is 69.0 Å². The largest absolute Gasteiger partial charge is 0.486 e. The van der Waals surface area contributed by atoms with E-state index in [2.05, 4.69) is 0 Å². The zero-order valence-corrected chi connectivity index (χ0v) is 13.8. The van der Waals surface area contributed by atoms with Gasteiger partial charge in [0, 0.05) is 11.1 Å². The first-order chi connectivity index (χ1) is 11.5. The number of nitrogens with zero attached hydrogens (tertiary/aromatic N) is 1. The van der Waals surface area contributed by atoms with Crippen molar-refractivity contribution in [2.24, 2.45) is 0 Å². The smallest absolute Gasteiger partial charge is 0.339 e. The summed E-state index contributed by atoms with van der Waals surface area (Å²) < 4.78 is 15.9. The highest BCUT2D eigenvalue weighted by Crippen LogP contribution is 2.19. The number of likely N-dealkylation sites (tertiary alicyclic amines) is 1. The Morgan fingerprint density at radius 3 is 2.62 bits per heavy atom. The predicted molar refractivity (Wildman–Crippen MR) is 87.7 cm³/mol. The molecular weight excluding hydrogens is 334 g/mol. The maximum Gasteiger partial charge on any atom is 0.339 e. The summed E-state index contributed by atoms with van der Waals surface area (Å²) in [5.74, 6) is 1.42. The molecule has 0 bridgehead atoms. The summed E-state index contributed by atoms with van der Waals surface area (Å²) in [6, 6.07) is 9.76. The zero-order chi connectivity index (χ0) is 17.1. The Bertz CT molecular complexity index is 780. The quantitative estimate of drug-likeness (QED) is 0.828. The lowest BCUT2D eigenvalue weighted by atomic mass is 10.1. The van der Waals surface area contributed by atoms with Crippen LogP contribution in [0.2, 0.25) is 5.02 Å². The average molecular weight is 350 g/mol. The molecule has 24 heavy (non-hydrogen) atoms. The van der Waals surface area contributed by atoms with Gasteiger partial charge >= 0.3 is 5.63 Å². The van der Waals surface area contributed by atoms with Crippen LogP contribution in [-0.4, -0.2) is 36.6 Å². The molecule has 6 nitrogen and oxygen atoms in total. The van der Waals surface area contributed by atoms with Gasteiger partial charge in [0.2, 0.25) is 0 Å². The molecule has 3 rings (SSSR count). The molecule has 1 amide bonds. The standard InChI is InChI=1S/C17H16ClNO5/c1-11-6-14(7-17(21)23-11)24-15-8-19(9-15)16(20)10-22-13-4-2-12(18)3-5-13/h2-7,15H,8-10H2,1H3.